The van der Waals surface area contributed by atoms with Gasteiger partial charge in [0.15, 0.2) is 0 Å². The smallest absolute Gasteiger partial charge is 0.338 e. The first kappa shape index (κ1) is 13.1. The number of carbonyl (C=O) groups excluding carboxylic acids is 1. The maximum absolute atomic E-state index is 12.0. The number of aromatic carboxylic acids is 1. The van der Waals surface area contributed by atoms with Crippen LogP contribution in [0, 0.1) is 11.8 Å². The van der Waals surface area contributed by atoms with Gasteiger partial charge in [-0.1, -0.05) is 13.8 Å². The molecule has 0 radical (unpaired) electrons. The molecule has 0 saturated heterocycles. The molecular formula is C13H17NO3S. The SMILES string of the molecule is CCc1cc(C(=O)O)c(NC(=O)C(C)C2CC2)s1. The molecule has 0 spiro atoms. The van der Waals surface area contributed by atoms with E-state index in [0.29, 0.717) is 10.9 Å². The van der Waals surface area contributed by atoms with Crippen molar-refractivity contribution in [2.75, 3.05) is 5.32 Å². The van der Waals surface area contributed by atoms with E-state index in [9.17, 15) is 9.59 Å². The maximum atomic E-state index is 12.0. The number of rotatable bonds is 5. The van der Waals surface area contributed by atoms with Crippen LogP contribution in [0.25, 0.3) is 0 Å². The van der Waals surface area contributed by atoms with Gasteiger partial charge in [0.05, 0.1) is 5.56 Å². The fourth-order valence-corrected chi connectivity index (χ4v) is 2.90. The van der Waals surface area contributed by atoms with Crippen molar-refractivity contribution < 1.29 is 14.7 Å². The lowest BCUT2D eigenvalue weighted by Gasteiger charge is -2.10. The van der Waals surface area contributed by atoms with Gasteiger partial charge in [-0.05, 0) is 31.2 Å². The molecule has 4 nitrogen and oxygen atoms in total. The maximum Gasteiger partial charge on any atom is 0.338 e. The predicted octanol–water partition coefficient (Wildman–Crippen LogP) is 2.99. The second-order valence-corrected chi connectivity index (χ2v) is 5.87. The number of carbonyl (C=O) groups is 2. The summed E-state index contributed by atoms with van der Waals surface area (Å²) in [5.41, 5.74) is 0.202. The quantitative estimate of drug-likeness (QED) is 0.861. The van der Waals surface area contributed by atoms with Gasteiger partial charge in [0.1, 0.15) is 5.00 Å². The van der Waals surface area contributed by atoms with Crippen molar-refractivity contribution in [2.24, 2.45) is 11.8 Å². The molecule has 1 aliphatic rings. The molecule has 2 rings (SSSR count). The zero-order chi connectivity index (χ0) is 13.3. The predicted molar refractivity (Wildman–Crippen MR) is 71.2 cm³/mol. The summed E-state index contributed by atoms with van der Waals surface area (Å²) in [5, 5.41) is 12.3. The number of hydrogen-bond donors (Lipinski definition) is 2. The first-order valence-corrected chi connectivity index (χ1v) is 7.01. The summed E-state index contributed by atoms with van der Waals surface area (Å²) in [5.74, 6) is -0.604. The number of carboxylic acid groups (broad SMARTS) is 1. The van der Waals surface area contributed by atoms with E-state index in [1.54, 1.807) is 6.07 Å². The highest BCUT2D eigenvalue weighted by atomic mass is 32.1. The zero-order valence-corrected chi connectivity index (χ0v) is 11.3. The molecule has 1 unspecified atom stereocenters. The van der Waals surface area contributed by atoms with Gasteiger partial charge in [0.2, 0.25) is 5.91 Å². The van der Waals surface area contributed by atoms with E-state index < -0.39 is 5.97 Å². The third kappa shape index (κ3) is 2.72. The van der Waals surface area contributed by atoms with Crippen molar-refractivity contribution in [3.05, 3.63) is 16.5 Å². The molecule has 1 saturated carbocycles. The largest absolute Gasteiger partial charge is 0.478 e. The minimum absolute atomic E-state index is 0.0289. The Morgan fingerprint density at radius 2 is 2.22 bits per heavy atom. The van der Waals surface area contributed by atoms with Crippen LogP contribution >= 0.6 is 11.3 Å². The van der Waals surface area contributed by atoms with Crippen LogP contribution < -0.4 is 5.32 Å². The first-order valence-electron chi connectivity index (χ1n) is 6.19. The minimum Gasteiger partial charge on any atom is -0.478 e. The Morgan fingerprint density at radius 3 is 2.72 bits per heavy atom. The molecule has 1 aromatic heterocycles. The molecule has 1 amide bonds. The van der Waals surface area contributed by atoms with Crippen LogP contribution in [0.3, 0.4) is 0 Å². The lowest BCUT2D eigenvalue weighted by atomic mass is 10.1. The number of aryl methyl sites for hydroxylation is 1. The van der Waals surface area contributed by atoms with Crippen LogP contribution in [-0.4, -0.2) is 17.0 Å². The highest BCUT2D eigenvalue weighted by molar-refractivity contribution is 7.16. The molecule has 1 atom stereocenters. The summed E-state index contributed by atoms with van der Waals surface area (Å²) < 4.78 is 0. The lowest BCUT2D eigenvalue weighted by Crippen LogP contribution is -2.22. The molecule has 18 heavy (non-hydrogen) atoms. The topological polar surface area (TPSA) is 66.4 Å². The molecule has 1 heterocycles. The Bertz CT molecular complexity index is 477. The van der Waals surface area contributed by atoms with Crippen molar-refractivity contribution in [2.45, 2.75) is 33.1 Å². The Labute approximate surface area is 110 Å². The lowest BCUT2D eigenvalue weighted by molar-refractivity contribution is -0.119. The Morgan fingerprint density at radius 1 is 1.56 bits per heavy atom. The molecule has 0 bridgehead atoms. The highest BCUT2D eigenvalue weighted by Gasteiger charge is 2.33. The second-order valence-electron chi connectivity index (χ2n) is 4.73. The summed E-state index contributed by atoms with van der Waals surface area (Å²) in [7, 11) is 0. The molecule has 1 fully saturated rings. The number of amides is 1. The van der Waals surface area contributed by atoms with Crippen LogP contribution in [0.2, 0.25) is 0 Å². The van der Waals surface area contributed by atoms with E-state index in [4.69, 9.17) is 5.11 Å². The van der Waals surface area contributed by atoms with Gasteiger partial charge in [-0.3, -0.25) is 4.79 Å². The number of carboxylic acids is 1. The van der Waals surface area contributed by atoms with Gasteiger partial charge in [0.25, 0.3) is 0 Å². The Hall–Kier alpha value is -1.36. The normalized spacial score (nSPS) is 16.3. The summed E-state index contributed by atoms with van der Waals surface area (Å²) in [6.45, 7) is 3.87. The molecule has 1 aromatic rings. The third-order valence-electron chi connectivity index (χ3n) is 3.34. The number of thiophene rings is 1. The second kappa shape index (κ2) is 5.10. The van der Waals surface area contributed by atoms with Gasteiger partial charge in [-0.25, -0.2) is 4.79 Å². The average Bonchev–Trinajstić information content (AvgIpc) is 3.09. The summed E-state index contributed by atoms with van der Waals surface area (Å²) >= 11 is 1.35. The first-order chi connectivity index (χ1) is 8.52. The number of hydrogen-bond acceptors (Lipinski definition) is 3. The van der Waals surface area contributed by atoms with Crippen LogP contribution in [0.15, 0.2) is 6.07 Å². The van der Waals surface area contributed by atoms with Crippen molar-refractivity contribution >= 4 is 28.2 Å². The van der Waals surface area contributed by atoms with E-state index in [2.05, 4.69) is 5.32 Å². The van der Waals surface area contributed by atoms with Gasteiger partial charge >= 0.3 is 5.97 Å². The van der Waals surface area contributed by atoms with E-state index in [-0.39, 0.29) is 17.4 Å². The standard InChI is InChI=1S/C13H17NO3S/c1-3-9-6-10(13(16)17)12(18-9)14-11(15)7(2)8-4-5-8/h6-8H,3-5H2,1-2H3,(H,14,15)(H,16,17). The van der Waals surface area contributed by atoms with Gasteiger partial charge in [0, 0.05) is 10.8 Å². The van der Waals surface area contributed by atoms with Crippen LogP contribution in [-0.2, 0) is 11.2 Å². The van der Waals surface area contributed by atoms with Crippen molar-refractivity contribution in [3.63, 3.8) is 0 Å². The van der Waals surface area contributed by atoms with E-state index >= 15 is 0 Å². The number of anilines is 1. The van der Waals surface area contributed by atoms with Gasteiger partial charge in [-0.15, -0.1) is 11.3 Å². The zero-order valence-electron chi connectivity index (χ0n) is 10.5. The fourth-order valence-electron chi connectivity index (χ4n) is 1.90. The fraction of sp³-hybridized carbons (Fsp3) is 0.538. The van der Waals surface area contributed by atoms with Crippen LogP contribution in [0.4, 0.5) is 5.00 Å². The molecule has 2 N–H and O–H groups in total. The molecule has 5 heteroatoms. The monoisotopic (exact) mass is 267 g/mol. The average molecular weight is 267 g/mol. The van der Waals surface area contributed by atoms with E-state index in [0.717, 1.165) is 24.1 Å². The molecule has 0 aromatic carbocycles. The van der Waals surface area contributed by atoms with Crippen molar-refractivity contribution in [1.82, 2.24) is 0 Å². The summed E-state index contributed by atoms with van der Waals surface area (Å²) in [4.78, 5) is 24.0. The molecule has 1 aliphatic carbocycles. The molecule has 98 valence electrons. The van der Waals surface area contributed by atoms with Crippen LogP contribution in [0.5, 0.6) is 0 Å². The highest BCUT2D eigenvalue weighted by Crippen LogP contribution is 2.38. The van der Waals surface area contributed by atoms with Crippen molar-refractivity contribution in [1.29, 1.82) is 0 Å². The number of nitrogens with one attached hydrogen (secondary N) is 1. The Kier molecular flexibility index (Phi) is 3.71. The Balaban J connectivity index is 2.14. The molecule has 0 aliphatic heterocycles. The van der Waals surface area contributed by atoms with Gasteiger partial charge in [-0.2, -0.15) is 0 Å². The van der Waals surface area contributed by atoms with Crippen LogP contribution in [0.1, 0.15) is 41.9 Å². The molecular weight excluding hydrogens is 250 g/mol. The summed E-state index contributed by atoms with van der Waals surface area (Å²) in [6, 6.07) is 1.64. The third-order valence-corrected chi connectivity index (χ3v) is 4.54. The van der Waals surface area contributed by atoms with E-state index in [1.165, 1.54) is 11.3 Å². The van der Waals surface area contributed by atoms with Crippen molar-refractivity contribution in [3.8, 4) is 0 Å². The van der Waals surface area contributed by atoms with E-state index in [1.807, 2.05) is 13.8 Å². The van der Waals surface area contributed by atoms with Gasteiger partial charge < -0.3 is 10.4 Å². The summed E-state index contributed by atoms with van der Waals surface area (Å²) in [6.07, 6.45) is 2.98. The minimum atomic E-state index is -0.986.